The SMILES string of the molecule is C=Cc1cc(C=C)[nH]n1. The Bertz CT molecular complexity index is 200. The second-order valence-corrected chi connectivity index (χ2v) is 1.66. The van der Waals surface area contributed by atoms with Crippen molar-refractivity contribution in [2.75, 3.05) is 0 Å². The third-order valence-corrected chi connectivity index (χ3v) is 1.05. The average molecular weight is 120 g/mol. The lowest BCUT2D eigenvalue weighted by Gasteiger charge is -1.73. The Morgan fingerprint density at radius 2 is 2.22 bits per heavy atom. The second kappa shape index (κ2) is 2.31. The first-order chi connectivity index (χ1) is 4.36. The van der Waals surface area contributed by atoms with Crippen molar-refractivity contribution in [1.82, 2.24) is 10.2 Å². The van der Waals surface area contributed by atoms with Gasteiger partial charge in [-0.25, -0.2) is 0 Å². The molecule has 0 saturated carbocycles. The lowest BCUT2D eigenvalue weighted by atomic mass is 10.3. The molecular formula is C7H8N2. The van der Waals surface area contributed by atoms with Gasteiger partial charge in [0.2, 0.25) is 0 Å². The van der Waals surface area contributed by atoms with Crippen molar-refractivity contribution in [3.05, 3.63) is 30.6 Å². The van der Waals surface area contributed by atoms with Crippen LogP contribution >= 0.6 is 0 Å². The number of hydrogen-bond acceptors (Lipinski definition) is 1. The van der Waals surface area contributed by atoms with Crippen LogP contribution in [0.25, 0.3) is 12.2 Å². The van der Waals surface area contributed by atoms with Crippen LogP contribution in [-0.2, 0) is 0 Å². The van der Waals surface area contributed by atoms with Gasteiger partial charge in [0.1, 0.15) is 0 Å². The summed E-state index contributed by atoms with van der Waals surface area (Å²) in [5.41, 5.74) is 1.77. The molecule has 0 radical (unpaired) electrons. The quantitative estimate of drug-likeness (QED) is 0.632. The topological polar surface area (TPSA) is 28.7 Å². The zero-order chi connectivity index (χ0) is 6.69. The van der Waals surface area contributed by atoms with Crippen LogP contribution in [0.15, 0.2) is 19.2 Å². The highest BCUT2D eigenvalue weighted by atomic mass is 15.1. The van der Waals surface area contributed by atoms with Crippen LogP contribution in [-0.4, -0.2) is 10.2 Å². The van der Waals surface area contributed by atoms with E-state index in [1.54, 1.807) is 12.2 Å². The molecule has 0 saturated heterocycles. The summed E-state index contributed by atoms with van der Waals surface area (Å²) in [6, 6.07) is 1.88. The van der Waals surface area contributed by atoms with Gasteiger partial charge in [-0.1, -0.05) is 13.2 Å². The first-order valence-corrected chi connectivity index (χ1v) is 2.67. The summed E-state index contributed by atoms with van der Waals surface area (Å²) in [7, 11) is 0. The highest BCUT2D eigenvalue weighted by molar-refractivity contribution is 5.49. The maximum absolute atomic E-state index is 3.89. The third kappa shape index (κ3) is 1.08. The first-order valence-electron chi connectivity index (χ1n) is 2.67. The highest BCUT2D eigenvalue weighted by Crippen LogP contribution is 2.00. The Morgan fingerprint density at radius 1 is 1.44 bits per heavy atom. The summed E-state index contributed by atoms with van der Waals surface area (Å²) in [4.78, 5) is 0. The van der Waals surface area contributed by atoms with Gasteiger partial charge in [0.15, 0.2) is 0 Å². The zero-order valence-electron chi connectivity index (χ0n) is 5.09. The Balaban J connectivity index is 2.98. The van der Waals surface area contributed by atoms with E-state index >= 15 is 0 Å². The summed E-state index contributed by atoms with van der Waals surface area (Å²) < 4.78 is 0. The van der Waals surface area contributed by atoms with Crippen LogP contribution in [0.1, 0.15) is 11.4 Å². The van der Waals surface area contributed by atoms with Gasteiger partial charge < -0.3 is 0 Å². The summed E-state index contributed by atoms with van der Waals surface area (Å²) in [5, 5.41) is 6.66. The lowest BCUT2D eigenvalue weighted by molar-refractivity contribution is 1.07. The van der Waals surface area contributed by atoms with E-state index in [9.17, 15) is 0 Å². The predicted molar refractivity (Wildman–Crippen MR) is 38.8 cm³/mol. The molecule has 0 spiro atoms. The molecular weight excluding hydrogens is 112 g/mol. The van der Waals surface area contributed by atoms with E-state index in [1.165, 1.54) is 0 Å². The average Bonchev–Trinajstić information content (AvgIpc) is 2.34. The van der Waals surface area contributed by atoms with E-state index in [1.807, 2.05) is 6.07 Å². The second-order valence-electron chi connectivity index (χ2n) is 1.66. The van der Waals surface area contributed by atoms with Crippen molar-refractivity contribution < 1.29 is 0 Å². The fraction of sp³-hybridized carbons (Fsp3) is 0. The maximum Gasteiger partial charge on any atom is 0.0848 e. The van der Waals surface area contributed by atoms with E-state index in [0.717, 1.165) is 11.4 Å². The van der Waals surface area contributed by atoms with Crippen LogP contribution in [0.3, 0.4) is 0 Å². The molecule has 1 rings (SSSR count). The molecule has 46 valence electrons. The summed E-state index contributed by atoms with van der Waals surface area (Å²) in [5.74, 6) is 0. The monoisotopic (exact) mass is 120 g/mol. The highest BCUT2D eigenvalue weighted by Gasteiger charge is 1.89. The van der Waals surface area contributed by atoms with Crippen LogP contribution in [0.2, 0.25) is 0 Å². The normalized spacial score (nSPS) is 8.89. The largest absolute Gasteiger partial charge is 0.278 e. The van der Waals surface area contributed by atoms with E-state index in [4.69, 9.17) is 0 Å². The van der Waals surface area contributed by atoms with Crippen LogP contribution in [0.5, 0.6) is 0 Å². The lowest BCUT2D eigenvalue weighted by Crippen LogP contribution is -1.68. The van der Waals surface area contributed by atoms with Crippen molar-refractivity contribution in [3.63, 3.8) is 0 Å². The standard InChI is InChI=1S/C7H8N2/c1-3-6-5-7(4-2)9-8-6/h3-5H,1-2H2,(H,8,9). The Morgan fingerprint density at radius 3 is 2.56 bits per heavy atom. The van der Waals surface area contributed by atoms with E-state index in [2.05, 4.69) is 23.4 Å². The van der Waals surface area contributed by atoms with Gasteiger partial charge in [0.05, 0.1) is 11.4 Å². The van der Waals surface area contributed by atoms with Gasteiger partial charge in [0, 0.05) is 0 Å². The van der Waals surface area contributed by atoms with Gasteiger partial charge in [-0.15, -0.1) is 0 Å². The molecule has 1 N–H and O–H groups in total. The zero-order valence-corrected chi connectivity index (χ0v) is 5.09. The number of rotatable bonds is 2. The maximum atomic E-state index is 3.89. The van der Waals surface area contributed by atoms with Gasteiger partial charge in [-0.2, -0.15) is 5.10 Å². The molecule has 0 amide bonds. The minimum atomic E-state index is 0.852. The van der Waals surface area contributed by atoms with Crippen LogP contribution in [0.4, 0.5) is 0 Å². The molecule has 0 aliphatic rings. The van der Waals surface area contributed by atoms with E-state index < -0.39 is 0 Å². The smallest absolute Gasteiger partial charge is 0.0848 e. The number of nitrogens with zero attached hydrogens (tertiary/aromatic N) is 1. The molecule has 0 unspecified atom stereocenters. The van der Waals surface area contributed by atoms with Crippen molar-refractivity contribution in [2.45, 2.75) is 0 Å². The fourth-order valence-corrected chi connectivity index (χ4v) is 0.562. The summed E-state index contributed by atoms with van der Waals surface area (Å²) >= 11 is 0. The summed E-state index contributed by atoms with van der Waals surface area (Å²) in [6.07, 6.45) is 3.39. The van der Waals surface area contributed by atoms with Gasteiger partial charge in [-0.3, -0.25) is 5.10 Å². The minimum absolute atomic E-state index is 0.852. The number of hydrogen-bond donors (Lipinski definition) is 1. The van der Waals surface area contributed by atoms with Crippen LogP contribution < -0.4 is 0 Å². The predicted octanol–water partition coefficient (Wildman–Crippen LogP) is 1.70. The van der Waals surface area contributed by atoms with Gasteiger partial charge >= 0.3 is 0 Å². The Kier molecular flexibility index (Phi) is 1.49. The molecule has 0 fully saturated rings. The molecule has 2 heteroatoms. The van der Waals surface area contributed by atoms with E-state index in [0.29, 0.717) is 0 Å². The van der Waals surface area contributed by atoms with E-state index in [-0.39, 0.29) is 0 Å². The molecule has 0 aliphatic carbocycles. The molecule has 2 nitrogen and oxygen atoms in total. The summed E-state index contributed by atoms with van der Waals surface area (Å²) in [6.45, 7) is 7.13. The molecule has 0 aromatic carbocycles. The molecule has 1 aromatic heterocycles. The van der Waals surface area contributed by atoms with Crippen molar-refractivity contribution in [2.24, 2.45) is 0 Å². The Hall–Kier alpha value is -1.31. The van der Waals surface area contributed by atoms with Gasteiger partial charge in [-0.05, 0) is 18.2 Å². The molecule has 9 heavy (non-hydrogen) atoms. The van der Waals surface area contributed by atoms with Crippen molar-refractivity contribution >= 4 is 12.2 Å². The van der Waals surface area contributed by atoms with Gasteiger partial charge in [0.25, 0.3) is 0 Å². The van der Waals surface area contributed by atoms with Crippen LogP contribution in [0, 0.1) is 0 Å². The molecule has 0 bridgehead atoms. The minimum Gasteiger partial charge on any atom is -0.278 e. The number of aromatic nitrogens is 2. The van der Waals surface area contributed by atoms with Crippen molar-refractivity contribution in [1.29, 1.82) is 0 Å². The Labute approximate surface area is 53.9 Å². The third-order valence-electron chi connectivity index (χ3n) is 1.05. The molecule has 0 aliphatic heterocycles. The fourth-order valence-electron chi connectivity index (χ4n) is 0.562. The number of nitrogens with one attached hydrogen (secondary N) is 1. The molecule has 0 atom stereocenters. The van der Waals surface area contributed by atoms with Crippen molar-refractivity contribution in [3.8, 4) is 0 Å². The molecule has 1 heterocycles. The first kappa shape index (κ1) is 5.82. The molecule has 1 aromatic rings. The number of aromatic amines is 1. The number of H-pyrrole nitrogens is 1.